The molecule has 0 saturated heterocycles. The highest BCUT2D eigenvalue weighted by Crippen LogP contribution is 2.34. The lowest BCUT2D eigenvalue weighted by atomic mass is 9.91. The number of anilines is 1. The van der Waals surface area contributed by atoms with E-state index in [4.69, 9.17) is 4.74 Å². The number of aliphatic hydroxyl groups is 1. The predicted molar refractivity (Wildman–Crippen MR) is 77.4 cm³/mol. The maximum atomic E-state index is 14.2. The van der Waals surface area contributed by atoms with Crippen LogP contribution in [0.15, 0.2) is 42.5 Å². The third-order valence-electron chi connectivity index (χ3n) is 3.33. The van der Waals surface area contributed by atoms with E-state index in [0.717, 1.165) is 0 Å². The summed E-state index contributed by atoms with van der Waals surface area (Å²) in [6, 6.07) is 10.1. The van der Waals surface area contributed by atoms with Gasteiger partial charge >= 0.3 is 0 Å². The molecule has 0 fully saturated rings. The molecular weight excluding hydrogens is 276 g/mol. The molecule has 5 heteroatoms. The van der Waals surface area contributed by atoms with E-state index in [9.17, 15) is 13.9 Å². The van der Waals surface area contributed by atoms with Crippen molar-refractivity contribution in [1.29, 1.82) is 0 Å². The van der Waals surface area contributed by atoms with Crippen molar-refractivity contribution in [3.63, 3.8) is 0 Å². The molecule has 0 aliphatic carbocycles. The van der Waals surface area contributed by atoms with Crippen molar-refractivity contribution in [3.8, 4) is 5.75 Å². The number of hydrogen-bond donors (Lipinski definition) is 2. The van der Waals surface area contributed by atoms with Crippen LogP contribution in [-0.4, -0.2) is 18.8 Å². The predicted octanol–water partition coefficient (Wildman–Crippen LogP) is 3.29. The fraction of sp³-hybridized carbons (Fsp3) is 0.250. The molecule has 0 heterocycles. The SMILES string of the molecule is COc1cccc(F)c1C(C)(CO)Nc1ccc(F)cc1. The van der Waals surface area contributed by atoms with E-state index < -0.39 is 11.4 Å². The molecule has 0 aliphatic rings. The standard InChI is InChI=1S/C16H17F2NO2/c1-16(10-20,19-12-8-6-11(17)7-9-12)15-13(18)4-3-5-14(15)21-2/h3-9,19-20H,10H2,1-2H3. The first kappa shape index (κ1) is 15.3. The summed E-state index contributed by atoms with van der Waals surface area (Å²) in [5.74, 6) is -0.517. The van der Waals surface area contributed by atoms with Gasteiger partial charge < -0.3 is 15.2 Å². The molecule has 1 unspecified atom stereocenters. The lowest BCUT2D eigenvalue weighted by Crippen LogP contribution is -2.37. The smallest absolute Gasteiger partial charge is 0.132 e. The van der Waals surface area contributed by atoms with Crippen molar-refractivity contribution in [2.24, 2.45) is 0 Å². The summed E-state index contributed by atoms with van der Waals surface area (Å²) < 4.78 is 32.3. The van der Waals surface area contributed by atoms with Crippen LogP contribution in [0.2, 0.25) is 0 Å². The molecule has 21 heavy (non-hydrogen) atoms. The molecule has 2 aromatic carbocycles. The molecule has 0 aromatic heterocycles. The molecule has 112 valence electrons. The molecule has 0 bridgehead atoms. The third-order valence-corrected chi connectivity index (χ3v) is 3.33. The van der Waals surface area contributed by atoms with Gasteiger partial charge in [0, 0.05) is 5.69 Å². The van der Waals surface area contributed by atoms with Crippen LogP contribution in [0.3, 0.4) is 0 Å². The molecule has 0 spiro atoms. The van der Waals surface area contributed by atoms with Crippen LogP contribution in [-0.2, 0) is 5.54 Å². The molecular formula is C16H17F2NO2. The minimum Gasteiger partial charge on any atom is -0.496 e. The largest absolute Gasteiger partial charge is 0.496 e. The number of aliphatic hydroxyl groups excluding tert-OH is 1. The number of ether oxygens (including phenoxy) is 1. The number of rotatable bonds is 5. The van der Waals surface area contributed by atoms with Gasteiger partial charge in [-0.1, -0.05) is 6.07 Å². The highest BCUT2D eigenvalue weighted by Gasteiger charge is 2.32. The van der Waals surface area contributed by atoms with Gasteiger partial charge in [0.25, 0.3) is 0 Å². The van der Waals surface area contributed by atoms with Crippen molar-refractivity contribution in [2.75, 3.05) is 19.0 Å². The highest BCUT2D eigenvalue weighted by molar-refractivity contribution is 5.51. The quantitative estimate of drug-likeness (QED) is 0.889. The number of nitrogens with one attached hydrogen (secondary N) is 1. The highest BCUT2D eigenvalue weighted by atomic mass is 19.1. The van der Waals surface area contributed by atoms with E-state index in [-0.39, 0.29) is 18.0 Å². The summed E-state index contributed by atoms with van der Waals surface area (Å²) in [6.07, 6.45) is 0. The van der Waals surface area contributed by atoms with E-state index in [0.29, 0.717) is 11.4 Å². The molecule has 1 atom stereocenters. The second-order valence-electron chi connectivity index (χ2n) is 4.94. The van der Waals surface area contributed by atoms with E-state index in [1.807, 2.05) is 0 Å². The van der Waals surface area contributed by atoms with Crippen LogP contribution in [0, 0.1) is 11.6 Å². The van der Waals surface area contributed by atoms with E-state index in [1.165, 1.54) is 43.5 Å². The Hall–Kier alpha value is -2.14. The average molecular weight is 293 g/mol. The Morgan fingerprint density at radius 3 is 2.38 bits per heavy atom. The van der Waals surface area contributed by atoms with Gasteiger partial charge in [-0.2, -0.15) is 0 Å². The number of methoxy groups -OCH3 is 1. The Morgan fingerprint density at radius 2 is 1.81 bits per heavy atom. The van der Waals surface area contributed by atoms with Gasteiger partial charge in [0.2, 0.25) is 0 Å². The average Bonchev–Trinajstić information content (AvgIpc) is 2.49. The van der Waals surface area contributed by atoms with Gasteiger partial charge in [-0.05, 0) is 43.3 Å². The molecule has 3 nitrogen and oxygen atoms in total. The summed E-state index contributed by atoms with van der Waals surface area (Å²) >= 11 is 0. The Balaban J connectivity index is 2.43. The minimum atomic E-state index is -1.10. The zero-order valence-electron chi connectivity index (χ0n) is 11.9. The molecule has 0 radical (unpaired) electrons. The van der Waals surface area contributed by atoms with Crippen molar-refractivity contribution >= 4 is 5.69 Å². The second kappa shape index (κ2) is 6.10. The first-order valence-electron chi connectivity index (χ1n) is 6.48. The topological polar surface area (TPSA) is 41.5 Å². The van der Waals surface area contributed by atoms with Crippen LogP contribution < -0.4 is 10.1 Å². The summed E-state index contributed by atoms with van der Waals surface area (Å²) in [5.41, 5.74) is -0.313. The summed E-state index contributed by atoms with van der Waals surface area (Å²) in [6.45, 7) is 1.29. The van der Waals surface area contributed by atoms with E-state index in [1.54, 1.807) is 13.0 Å². The maximum absolute atomic E-state index is 14.2. The second-order valence-corrected chi connectivity index (χ2v) is 4.94. The van der Waals surface area contributed by atoms with Gasteiger partial charge in [0.1, 0.15) is 17.4 Å². The number of halogens is 2. The van der Waals surface area contributed by atoms with Gasteiger partial charge in [-0.3, -0.25) is 0 Å². The molecule has 0 aliphatic heterocycles. The summed E-state index contributed by atoms with van der Waals surface area (Å²) in [4.78, 5) is 0. The summed E-state index contributed by atoms with van der Waals surface area (Å²) in [5, 5.41) is 12.8. The summed E-state index contributed by atoms with van der Waals surface area (Å²) in [7, 11) is 1.44. The Bertz CT molecular complexity index is 616. The zero-order chi connectivity index (χ0) is 15.5. The van der Waals surface area contributed by atoms with Gasteiger partial charge in [-0.25, -0.2) is 8.78 Å². The van der Waals surface area contributed by atoms with Crippen LogP contribution >= 0.6 is 0 Å². The fourth-order valence-electron chi connectivity index (χ4n) is 2.24. The van der Waals surface area contributed by atoms with Gasteiger partial charge in [-0.15, -0.1) is 0 Å². The maximum Gasteiger partial charge on any atom is 0.132 e. The Kier molecular flexibility index (Phi) is 4.43. The molecule has 0 amide bonds. The van der Waals surface area contributed by atoms with E-state index in [2.05, 4.69) is 5.32 Å². The van der Waals surface area contributed by atoms with Crippen molar-refractivity contribution < 1.29 is 18.6 Å². The van der Waals surface area contributed by atoms with Crippen molar-refractivity contribution in [2.45, 2.75) is 12.5 Å². The first-order valence-corrected chi connectivity index (χ1v) is 6.48. The first-order chi connectivity index (χ1) is 10.00. The third kappa shape index (κ3) is 3.13. The fourth-order valence-corrected chi connectivity index (χ4v) is 2.24. The van der Waals surface area contributed by atoms with Crippen LogP contribution in [0.4, 0.5) is 14.5 Å². The lowest BCUT2D eigenvalue weighted by molar-refractivity contribution is 0.216. The monoisotopic (exact) mass is 293 g/mol. The van der Waals surface area contributed by atoms with Gasteiger partial charge in [0.15, 0.2) is 0 Å². The van der Waals surface area contributed by atoms with Crippen LogP contribution in [0.5, 0.6) is 5.75 Å². The molecule has 0 saturated carbocycles. The van der Waals surface area contributed by atoms with Crippen molar-refractivity contribution in [3.05, 3.63) is 59.7 Å². The zero-order valence-corrected chi connectivity index (χ0v) is 11.9. The normalized spacial score (nSPS) is 13.6. The molecule has 2 aromatic rings. The minimum absolute atomic E-state index is 0.222. The van der Waals surface area contributed by atoms with Crippen LogP contribution in [0.25, 0.3) is 0 Å². The Labute approximate surface area is 122 Å². The van der Waals surface area contributed by atoms with E-state index >= 15 is 0 Å². The number of hydrogen-bond acceptors (Lipinski definition) is 3. The Morgan fingerprint density at radius 1 is 1.14 bits per heavy atom. The molecule has 2 rings (SSSR count). The van der Waals surface area contributed by atoms with Crippen LogP contribution in [0.1, 0.15) is 12.5 Å². The molecule has 2 N–H and O–H groups in total. The van der Waals surface area contributed by atoms with Crippen molar-refractivity contribution in [1.82, 2.24) is 0 Å². The lowest BCUT2D eigenvalue weighted by Gasteiger charge is -2.32. The van der Waals surface area contributed by atoms with Gasteiger partial charge in [0.05, 0.1) is 24.8 Å². The number of benzene rings is 2.